The van der Waals surface area contributed by atoms with Crippen LogP contribution in [-0.4, -0.2) is 75.9 Å². The Morgan fingerprint density at radius 1 is 1.15 bits per heavy atom. The van der Waals surface area contributed by atoms with Gasteiger partial charge < -0.3 is 19.9 Å². The van der Waals surface area contributed by atoms with Crippen molar-refractivity contribution in [3.05, 3.63) is 60.2 Å². The largest absolute Gasteiger partial charge is 0.491 e. The van der Waals surface area contributed by atoms with Crippen LogP contribution in [0.1, 0.15) is 24.6 Å². The fraction of sp³-hybridized carbons (Fsp3) is 0.333. The van der Waals surface area contributed by atoms with E-state index in [0.29, 0.717) is 49.2 Å². The zero-order valence-corrected chi connectivity index (χ0v) is 21.2. The molecule has 4 rings (SSSR count). The molecule has 3 aromatic rings. The summed E-state index contributed by atoms with van der Waals surface area (Å²) < 4.78 is 45.0. The molecular formula is C27H27F3N6O3. The Labute approximate surface area is 223 Å². The van der Waals surface area contributed by atoms with Gasteiger partial charge in [-0.25, -0.2) is 4.98 Å². The van der Waals surface area contributed by atoms with Crippen molar-refractivity contribution in [1.82, 2.24) is 24.8 Å². The number of piperazine rings is 1. The lowest BCUT2D eigenvalue weighted by Gasteiger charge is -2.34. The first kappa shape index (κ1) is 27.7. The van der Waals surface area contributed by atoms with E-state index in [4.69, 9.17) is 4.74 Å². The number of aromatic nitrogens is 3. The summed E-state index contributed by atoms with van der Waals surface area (Å²) in [4.78, 5) is 38.2. The van der Waals surface area contributed by atoms with Gasteiger partial charge >= 0.3 is 12.1 Å². The van der Waals surface area contributed by atoms with Crippen molar-refractivity contribution in [2.24, 2.45) is 0 Å². The topological polar surface area (TPSA) is 103 Å². The van der Waals surface area contributed by atoms with Crippen molar-refractivity contribution in [3.63, 3.8) is 0 Å². The summed E-state index contributed by atoms with van der Waals surface area (Å²) in [5.74, 6) is 4.98. The zero-order valence-electron chi connectivity index (χ0n) is 21.2. The van der Waals surface area contributed by atoms with Crippen molar-refractivity contribution in [2.45, 2.75) is 19.5 Å². The number of benzene rings is 1. The highest BCUT2D eigenvalue weighted by Crippen LogP contribution is 2.33. The molecule has 1 aliphatic heterocycles. The third-order valence-electron chi connectivity index (χ3n) is 6.06. The second kappa shape index (κ2) is 12.4. The van der Waals surface area contributed by atoms with Gasteiger partial charge in [-0.3, -0.25) is 19.5 Å². The molecule has 0 saturated carbocycles. The zero-order chi connectivity index (χ0) is 27.8. The van der Waals surface area contributed by atoms with E-state index < -0.39 is 17.8 Å². The standard InChI is InChI=1S/C27H27F3N6O3/c1-19(37)36-13-11-35(12-14-36)10-3-15-39-23-7-6-21(26-32-18-24(34-26)27(28,29)30)16-22(23)33-25(38)8-5-20-4-2-9-31-17-20/h2,4,6-7,9,16-18H,3,10-15H2,1H3,(H,32,34)(H,33,38). The second-order valence-corrected chi connectivity index (χ2v) is 8.85. The number of nitrogens with one attached hydrogen (secondary N) is 2. The van der Waals surface area contributed by atoms with Crippen LogP contribution < -0.4 is 10.1 Å². The third kappa shape index (κ3) is 7.81. The van der Waals surface area contributed by atoms with Crippen LogP contribution in [0, 0.1) is 11.8 Å². The first-order valence-corrected chi connectivity index (χ1v) is 12.3. The predicted molar refractivity (Wildman–Crippen MR) is 138 cm³/mol. The van der Waals surface area contributed by atoms with Crippen LogP contribution in [0.2, 0.25) is 0 Å². The molecule has 12 heteroatoms. The number of carbonyl (C=O) groups excluding carboxylic acids is 2. The summed E-state index contributed by atoms with van der Waals surface area (Å²) in [6, 6.07) is 8.02. The van der Waals surface area contributed by atoms with Gasteiger partial charge in [0, 0.05) is 69.1 Å². The monoisotopic (exact) mass is 540 g/mol. The predicted octanol–water partition coefficient (Wildman–Crippen LogP) is 3.41. The minimum absolute atomic E-state index is 0.00415. The Bertz CT molecular complexity index is 1360. The van der Waals surface area contributed by atoms with E-state index in [1.807, 2.05) is 4.90 Å². The quantitative estimate of drug-likeness (QED) is 0.352. The van der Waals surface area contributed by atoms with Crippen molar-refractivity contribution in [2.75, 3.05) is 44.6 Å². The number of hydrogen-bond donors (Lipinski definition) is 2. The van der Waals surface area contributed by atoms with Gasteiger partial charge in [-0.05, 0) is 36.8 Å². The van der Waals surface area contributed by atoms with E-state index in [1.165, 1.54) is 12.3 Å². The Balaban J connectivity index is 1.44. The van der Waals surface area contributed by atoms with Crippen molar-refractivity contribution < 1.29 is 27.5 Å². The van der Waals surface area contributed by atoms with Gasteiger partial charge in [-0.15, -0.1) is 0 Å². The van der Waals surface area contributed by atoms with Gasteiger partial charge in [0.2, 0.25) is 5.91 Å². The number of halogens is 3. The molecule has 39 heavy (non-hydrogen) atoms. The summed E-state index contributed by atoms with van der Waals surface area (Å²) >= 11 is 0. The van der Waals surface area contributed by atoms with Gasteiger partial charge in [0.05, 0.1) is 18.5 Å². The molecule has 0 aliphatic carbocycles. The number of alkyl halides is 3. The maximum absolute atomic E-state index is 13.0. The number of amides is 2. The average Bonchev–Trinajstić information content (AvgIpc) is 3.43. The number of hydrogen-bond acceptors (Lipinski definition) is 6. The van der Waals surface area contributed by atoms with Crippen molar-refractivity contribution >= 4 is 17.5 Å². The van der Waals surface area contributed by atoms with Crippen LogP contribution in [0.3, 0.4) is 0 Å². The second-order valence-electron chi connectivity index (χ2n) is 8.85. The number of pyridine rings is 1. The molecule has 0 bridgehead atoms. The molecule has 2 N–H and O–H groups in total. The van der Waals surface area contributed by atoms with E-state index in [0.717, 1.165) is 19.6 Å². The van der Waals surface area contributed by atoms with Gasteiger partial charge in [0.1, 0.15) is 17.3 Å². The van der Waals surface area contributed by atoms with Crippen LogP contribution in [0.15, 0.2) is 48.9 Å². The molecule has 1 aromatic carbocycles. The minimum atomic E-state index is -4.56. The van der Waals surface area contributed by atoms with Crippen LogP contribution in [-0.2, 0) is 15.8 Å². The summed E-state index contributed by atoms with van der Waals surface area (Å²) in [5.41, 5.74) is 0.155. The van der Waals surface area contributed by atoms with Gasteiger partial charge in [-0.2, -0.15) is 13.2 Å². The molecule has 0 spiro atoms. The van der Waals surface area contributed by atoms with Crippen LogP contribution >= 0.6 is 0 Å². The van der Waals surface area contributed by atoms with Gasteiger partial charge in [-0.1, -0.05) is 5.92 Å². The number of carbonyl (C=O) groups is 2. The van der Waals surface area contributed by atoms with Crippen LogP contribution in [0.5, 0.6) is 5.75 Å². The normalized spacial score (nSPS) is 13.9. The molecule has 0 radical (unpaired) electrons. The number of nitrogens with zero attached hydrogens (tertiary/aromatic N) is 4. The number of anilines is 1. The molecule has 0 unspecified atom stereocenters. The summed E-state index contributed by atoms with van der Waals surface area (Å²) in [7, 11) is 0. The van der Waals surface area contributed by atoms with E-state index in [1.54, 1.807) is 37.4 Å². The first-order valence-electron chi connectivity index (χ1n) is 12.3. The van der Waals surface area contributed by atoms with E-state index in [2.05, 4.69) is 37.0 Å². The Morgan fingerprint density at radius 3 is 2.62 bits per heavy atom. The molecule has 2 amide bonds. The third-order valence-corrected chi connectivity index (χ3v) is 6.06. The summed E-state index contributed by atoms with van der Waals surface area (Å²) in [5, 5.41) is 2.66. The molecule has 1 fully saturated rings. The molecule has 204 valence electrons. The fourth-order valence-electron chi connectivity index (χ4n) is 3.99. The fourth-order valence-corrected chi connectivity index (χ4v) is 3.99. The van der Waals surface area contributed by atoms with Crippen molar-refractivity contribution in [3.8, 4) is 29.0 Å². The van der Waals surface area contributed by atoms with E-state index in [-0.39, 0.29) is 17.4 Å². The SMILES string of the molecule is CC(=O)N1CCN(CCCOc2ccc(-c3ncc(C(F)(F)F)[nH]3)cc2NC(=O)C#Cc2cccnc2)CC1. The average molecular weight is 541 g/mol. The Morgan fingerprint density at radius 2 is 1.95 bits per heavy atom. The molecule has 0 atom stereocenters. The molecule has 1 saturated heterocycles. The first-order chi connectivity index (χ1) is 18.7. The molecule has 1 aliphatic rings. The Kier molecular flexibility index (Phi) is 8.83. The molecular weight excluding hydrogens is 513 g/mol. The Hall–Kier alpha value is -4.37. The lowest BCUT2D eigenvalue weighted by Crippen LogP contribution is -2.48. The number of ether oxygens (including phenoxy) is 1. The highest BCUT2D eigenvalue weighted by molar-refractivity contribution is 6.05. The minimum Gasteiger partial charge on any atom is -0.491 e. The number of rotatable bonds is 7. The number of H-pyrrole nitrogens is 1. The van der Waals surface area contributed by atoms with E-state index in [9.17, 15) is 22.8 Å². The van der Waals surface area contributed by atoms with E-state index >= 15 is 0 Å². The highest BCUT2D eigenvalue weighted by atomic mass is 19.4. The van der Waals surface area contributed by atoms with Crippen LogP contribution in [0.25, 0.3) is 11.4 Å². The molecule has 3 heterocycles. The van der Waals surface area contributed by atoms with Crippen LogP contribution in [0.4, 0.5) is 18.9 Å². The maximum atomic E-state index is 13.0. The lowest BCUT2D eigenvalue weighted by molar-refractivity contribution is -0.140. The van der Waals surface area contributed by atoms with Crippen molar-refractivity contribution in [1.29, 1.82) is 0 Å². The van der Waals surface area contributed by atoms with Gasteiger partial charge in [0.15, 0.2) is 0 Å². The number of aromatic amines is 1. The summed E-state index contributed by atoms with van der Waals surface area (Å²) in [6.07, 6.45) is -0.0431. The highest BCUT2D eigenvalue weighted by Gasteiger charge is 2.33. The lowest BCUT2D eigenvalue weighted by atomic mass is 10.1. The van der Waals surface area contributed by atoms with Gasteiger partial charge in [0.25, 0.3) is 0 Å². The smallest absolute Gasteiger partial charge is 0.432 e. The summed E-state index contributed by atoms with van der Waals surface area (Å²) in [6.45, 7) is 5.64. The molecule has 9 nitrogen and oxygen atoms in total. The number of imidazole rings is 1. The maximum Gasteiger partial charge on any atom is 0.432 e. The molecule has 2 aromatic heterocycles.